The van der Waals surface area contributed by atoms with E-state index in [2.05, 4.69) is 38.1 Å². The summed E-state index contributed by atoms with van der Waals surface area (Å²) < 4.78 is 37.0. The third-order valence-electron chi connectivity index (χ3n) is 5.98. The van der Waals surface area contributed by atoms with Gasteiger partial charge in [0.25, 0.3) is 0 Å². The Labute approximate surface area is 263 Å². The Hall–Kier alpha value is -3.24. The summed E-state index contributed by atoms with van der Waals surface area (Å²) >= 11 is 17.2. The molecule has 5 aromatic carbocycles. The second-order valence-corrected chi connectivity index (χ2v) is 10.5. The molecule has 0 amide bonds. The fraction of sp³-hybridized carbons (Fsp3) is 0.167. The number of hydrogen-bond donors (Lipinski definition) is 0. The third-order valence-corrected chi connectivity index (χ3v) is 7.22. The minimum atomic E-state index is -0.491. The van der Waals surface area contributed by atoms with Crippen LogP contribution in [0, 0.1) is 59.0 Å². The molecular formula is C36H36Cl3F3. The van der Waals surface area contributed by atoms with Crippen LogP contribution in [0.2, 0.25) is 15.1 Å². The van der Waals surface area contributed by atoms with Crippen LogP contribution in [0.1, 0.15) is 33.4 Å². The summed E-state index contributed by atoms with van der Waals surface area (Å²) in [5.74, 6) is -1.11. The first-order chi connectivity index (χ1) is 19.8. The largest absolute Gasteiger partial charge is 0.207 e. The van der Waals surface area contributed by atoms with Crippen molar-refractivity contribution in [3.63, 3.8) is 0 Å². The molecule has 222 valence electrons. The molecule has 6 heteroatoms. The van der Waals surface area contributed by atoms with Crippen LogP contribution in [0.5, 0.6) is 0 Å². The van der Waals surface area contributed by atoms with E-state index < -0.39 is 11.6 Å². The monoisotopic (exact) mass is 630 g/mol. The van der Waals surface area contributed by atoms with Crippen molar-refractivity contribution in [2.24, 2.45) is 0 Å². The van der Waals surface area contributed by atoms with Crippen LogP contribution in [0.25, 0.3) is 0 Å². The number of rotatable bonds is 0. The van der Waals surface area contributed by atoms with Crippen molar-refractivity contribution in [2.75, 3.05) is 0 Å². The highest BCUT2D eigenvalue weighted by Crippen LogP contribution is 2.22. The average molecular weight is 632 g/mol. The van der Waals surface area contributed by atoms with Crippen molar-refractivity contribution in [1.82, 2.24) is 0 Å². The van der Waals surface area contributed by atoms with E-state index in [9.17, 15) is 13.2 Å². The molecule has 0 N–H and O–H groups in total. The molecule has 0 saturated heterocycles. The molecule has 0 aliphatic carbocycles. The lowest BCUT2D eigenvalue weighted by Gasteiger charge is -1.96. The first kappa shape index (κ1) is 36.8. The van der Waals surface area contributed by atoms with Crippen LogP contribution in [0.4, 0.5) is 13.2 Å². The van der Waals surface area contributed by atoms with E-state index in [1.807, 2.05) is 62.4 Å². The van der Waals surface area contributed by atoms with Gasteiger partial charge in [-0.3, -0.25) is 0 Å². The average Bonchev–Trinajstić information content (AvgIpc) is 2.97. The molecule has 0 bridgehead atoms. The van der Waals surface area contributed by atoms with Crippen molar-refractivity contribution in [3.05, 3.63) is 175 Å². The second-order valence-electron chi connectivity index (χ2n) is 9.28. The van der Waals surface area contributed by atoms with Gasteiger partial charge < -0.3 is 0 Å². The van der Waals surface area contributed by atoms with E-state index in [-0.39, 0.29) is 11.4 Å². The molecule has 0 unspecified atom stereocenters. The Kier molecular flexibility index (Phi) is 17.3. The van der Waals surface area contributed by atoms with E-state index in [0.29, 0.717) is 5.56 Å². The Balaban J connectivity index is 0.000000263. The Morgan fingerprint density at radius 3 is 0.952 bits per heavy atom. The minimum absolute atomic E-state index is 0.0810. The molecule has 0 aromatic heterocycles. The summed E-state index contributed by atoms with van der Waals surface area (Å²) in [7, 11) is 0. The van der Waals surface area contributed by atoms with Crippen LogP contribution in [0.3, 0.4) is 0 Å². The number of hydrogen-bond acceptors (Lipinski definition) is 0. The highest BCUT2D eigenvalue weighted by molar-refractivity contribution is 6.35. The van der Waals surface area contributed by atoms with Crippen molar-refractivity contribution >= 4 is 34.8 Å². The van der Waals surface area contributed by atoms with Gasteiger partial charge in [-0.25, -0.2) is 13.2 Å². The van der Waals surface area contributed by atoms with Crippen LogP contribution in [-0.4, -0.2) is 0 Å². The molecule has 5 aromatic rings. The maximum atomic E-state index is 12.3. The van der Waals surface area contributed by atoms with Gasteiger partial charge in [0.1, 0.15) is 17.5 Å². The van der Waals surface area contributed by atoms with Crippen molar-refractivity contribution < 1.29 is 13.2 Å². The Morgan fingerprint density at radius 1 is 0.333 bits per heavy atom. The maximum Gasteiger partial charge on any atom is 0.129 e. The van der Waals surface area contributed by atoms with Gasteiger partial charge >= 0.3 is 0 Å². The molecular weight excluding hydrogens is 596 g/mol. The standard InChI is InChI=1S/C8H10.C7H6Cl2.C7H7Cl.C7H6F2.C7H7F/c1-7-5-3-4-6-8(7)2;1-5-6(8)3-2-4-7(5)9;1-6-4-2-3-5-7(6)8;1-5-6(8)3-2-4-7(5)9;1-6-4-2-3-5-7(6)8/h3-6H,1-2H3;2-4H,1H3;2-5H,1H3;2-4H,1H3;2-5H,1H3. The number of halogens is 6. The molecule has 0 saturated carbocycles. The molecule has 42 heavy (non-hydrogen) atoms. The van der Waals surface area contributed by atoms with Crippen LogP contribution in [-0.2, 0) is 0 Å². The molecule has 0 nitrogen and oxygen atoms in total. The lowest BCUT2D eigenvalue weighted by Crippen LogP contribution is -1.85. The van der Waals surface area contributed by atoms with E-state index in [0.717, 1.165) is 26.2 Å². The lowest BCUT2D eigenvalue weighted by molar-refractivity contribution is 0.568. The zero-order valence-electron chi connectivity index (χ0n) is 24.7. The number of aryl methyl sites for hydroxylation is 4. The van der Waals surface area contributed by atoms with Crippen LogP contribution >= 0.6 is 34.8 Å². The van der Waals surface area contributed by atoms with Crippen LogP contribution in [0.15, 0.2) is 109 Å². The first-order valence-corrected chi connectivity index (χ1v) is 14.2. The quantitative estimate of drug-likeness (QED) is 0.159. The zero-order chi connectivity index (χ0) is 31.7. The van der Waals surface area contributed by atoms with Gasteiger partial charge in [-0.2, -0.15) is 0 Å². The summed E-state index contributed by atoms with van der Waals surface area (Å²) in [5.41, 5.74) is 5.60. The molecule has 0 spiro atoms. The van der Waals surface area contributed by atoms with Crippen molar-refractivity contribution in [2.45, 2.75) is 41.5 Å². The van der Waals surface area contributed by atoms with Gasteiger partial charge in [0.05, 0.1) is 0 Å². The summed E-state index contributed by atoms with van der Waals surface area (Å²) in [6.45, 7) is 11.3. The summed E-state index contributed by atoms with van der Waals surface area (Å²) in [6, 6.07) is 32.1. The third kappa shape index (κ3) is 14.1. The van der Waals surface area contributed by atoms with Gasteiger partial charge in [0.15, 0.2) is 0 Å². The van der Waals surface area contributed by atoms with E-state index in [1.165, 1.54) is 42.3 Å². The SMILES string of the molecule is Cc1c(Cl)cccc1Cl.Cc1c(F)cccc1F.Cc1ccccc1C.Cc1ccccc1Cl.Cc1ccccc1F. The maximum absolute atomic E-state index is 12.3. The van der Waals surface area contributed by atoms with Gasteiger partial charge in [-0.15, -0.1) is 0 Å². The predicted molar refractivity (Wildman–Crippen MR) is 176 cm³/mol. The topological polar surface area (TPSA) is 0 Å². The van der Waals surface area contributed by atoms with Gasteiger partial charge in [0.2, 0.25) is 0 Å². The summed E-state index contributed by atoms with van der Waals surface area (Å²) in [5, 5.41) is 2.29. The Bertz CT molecular complexity index is 1260. The molecule has 0 fully saturated rings. The highest BCUT2D eigenvalue weighted by atomic mass is 35.5. The molecule has 0 heterocycles. The fourth-order valence-corrected chi connectivity index (χ4v) is 3.46. The molecule has 0 radical (unpaired) electrons. The highest BCUT2D eigenvalue weighted by Gasteiger charge is 1.99. The molecule has 0 aliphatic rings. The minimum Gasteiger partial charge on any atom is -0.207 e. The van der Waals surface area contributed by atoms with Gasteiger partial charge in [-0.05, 0) is 106 Å². The summed E-state index contributed by atoms with van der Waals surface area (Å²) in [6.07, 6.45) is 0. The molecule has 0 atom stereocenters. The molecule has 5 rings (SSSR count). The predicted octanol–water partition coefficient (Wildman–Crippen LogP) is 12.7. The van der Waals surface area contributed by atoms with Crippen molar-refractivity contribution in [1.29, 1.82) is 0 Å². The van der Waals surface area contributed by atoms with E-state index in [4.69, 9.17) is 34.8 Å². The number of benzene rings is 5. The fourth-order valence-electron chi connectivity index (χ4n) is 2.93. The van der Waals surface area contributed by atoms with Gasteiger partial charge in [-0.1, -0.05) is 108 Å². The van der Waals surface area contributed by atoms with E-state index >= 15 is 0 Å². The Morgan fingerprint density at radius 2 is 0.667 bits per heavy atom. The van der Waals surface area contributed by atoms with Gasteiger partial charge in [0, 0.05) is 20.6 Å². The summed E-state index contributed by atoms with van der Waals surface area (Å²) in [4.78, 5) is 0. The normalized spacial score (nSPS) is 9.43. The zero-order valence-corrected chi connectivity index (χ0v) is 26.9. The van der Waals surface area contributed by atoms with E-state index in [1.54, 1.807) is 19.1 Å². The lowest BCUT2D eigenvalue weighted by atomic mass is 10.1. The molecule has 0 aliphatic heterocycles. The van der Waals surface area contributed by atoms with Crippen LogP contribution < -0.4 is 0 Å². The second kappa shape index (κ2) is 19.8. The smallest absolute Gasteiger partial charge is 0.129 e. The van der Waals surface area contributed by atoms with Crippen molar-refractivity contribution in [3.8, 4) is 0 Å². The first-order valence-electron chi connectivity index (χ1n) is 13.1.